The largest absolute Gasteiger partial charge is 0.390 e. The first-order valence-corrected chi connectivity index (χ1v) is 16.1. The molecule has 10 nitrogen and oxygen atoms in total. The van der Waals surface area contributed by atoms with Crippen LogP contribution in [-0.2, 0) is 9.84 Å². The minimum Gasteiger partial charge on any atom is -0.390 e. The molecule has 3 aromatic heterocycles. The van der Waals surface area contributed by atoms with Crippen molar-refractivity contribution in [2.45, 2.75) is 94.8 Å². The molecule has 0 aliphatic heterocycles. The fourth-order valence-electron chi connectivity index (χ4n) is 5.19. The van der Waals surface area contributed by atoms with Crippen LogP contribution in [0.5, 0.6) is 0 Å². The molecule has 3 aliphatic carbocycles. The number of aliphatic hydroxyl groups is 2. The molecule has 0 radical (unpaired) electrons. The minimum atomic E-state index is -3.47. The molecule has 3 aliphatic rings. The van der Waals surface area contributed by atoms with Gasteiger partial charge in [0, 0.05) is 24.1 Å². The van der Waals surface area contributed by atoms with Crippen molar-refractivity contribution >= 4 is 43.2 Å². The van der Waals surface area contributed by atoms with E-state index in [0.29, 0.717) is 30.1 Å². The molecule has 0 saturated heterocycles. The van der Waals surface area contributed by atoms with Crippen LogP contribution in [0.15, 0.2) is 12.3 Å². The van der Waals surface area contributed by atoms with Crippen LogP contribution in [0, 0.1) is 12.8 Å². The van der Waals surface area contributed by atoms with Crippen LogP contribution >= 0.6 is 11.3 Å². The van der Waals surface area contributed by atoms with Crippen LogP contribution in [0.1, 0.15) is 70.2 Å². The summed E-state index contributed by atoms with van der Waals surface area (Å²) in [5, 5.41) is 29.3. The van der Waals surface area contributed by atoms with Gasteiger partial charge >= 0.3 is 0 Å². The third kappa shape index (κ3) is 5.23. The molecule has 4 unspecified atom stereocenters. The van der Waals surface area contributed by atoms with E-state index in [4.69, 9.17) is 15.0 Å². The Balaban J connectivity index is 1.35. The van der Waals surface area contributed by atoms with E-state index in [0.717, 1.165) is 57.9 Å². The zero-order valence-corrected chi connectivity index (χ0v) is 24.3. The molecule has 0 spiro atoms. The predicted molar refractivity (Wildman–Crippen MR) is 153 cm³/mol. The number of aromatic nitrogens is 4. The zero-order chi connectivity index (χ0) is 27.7. The number of fused-ring (bicyclic) bond motifs is 1. The van der Waals surface area contributed by atoms with Gasteiger partial charge in [0.1, 0.15) is 22.4 Å². The van der Waals surface area contributed by atoms with Gasteiger partial charge in [-0.1, -0.05) is 0 Å². The molecular weight excluding hydrogens is 536 g/mol. The summed E-state index contributed by atoms with van der Waals surface area (Å²) < 4.78 is 25.9. The number of nitrogens with one attached hydrogen (secondary N) is 2. The number of rotatable bonds is 8. The highest BCUT2D eigenvalue weighted by atomic mass is 32.2. The normalized spacial score (nSPS) is 25.8. The lowest BCUT2D eigenvalue weighted by Gasteiger charge is -2.23. The quantitative estimate of drug-likeness (QED) is 0.315. The molecule has 6 rings (SSSR count). The van der Waals surface area contributed by atoms with Crippen LogP contribution in [0.3, 0.4) is 0 Å². The van der Waals surface area contributed by atoms with E-state index in [1.807, 2.05) is 19.2 Å². The second-order valence-corrected chi connectivity index (χ2v) is 16.1. The number of anilines is 2. The number of sulfone groups is 1. The van der Waals surface area contributed by atoms with E-state index in [1.165, 1.54) is 0 Å². The van der Waals surface area contributed by atoms with Crippen LogP contribution in [0.25, 0.3) is 20.8 Å². The van der Waals surface area contributed by atoms with E-state index in [9.17, 15) is 18.6 Å². The summed E-state index contributed by atoms with van der Waals surface area (Å²) in [7, 11) is -3.47. The van der Waals surface area contributed by atoms with Gasteiger partial charge in [0.25, 0.3) is 0 Å². The van der Waals surface area contributed by atoms with Crippen molar-refractivity contribution in [3.05, 3.63) is 23.7 Å². The number of hydrogen-bond donors (Lipinski definition) is 4. The first-order chi connectivity index (χ1) is 18.4. The lowest BCUT2D eigenvalue weighted by molar-refractivity contribution is 0.0216. The van der Waals surface area contributed by atoms with E-state index < -0.39 is 38.8 Å². The van der Waals surface area contributed by atoms with Crippen molar-refractivity contribution in [2.24, 2.45) is 5.92 Å². The Bertz CT molecular complexity index is 1510. The summed E-state index contributed by atoms with van der Waals surface area (Å²) in [6, 6.07) is 1.75. The number of aryl methyl sites for hydroxylation is 1. The second kappa shape index (κ2) is 9.60. The van der Waals surface area contributed by atoms with Gasteiger partial charge < -0.3 is 20.8 Å². The summed E-state index contributed by atoms with van der Waals surface area (Å²) in [6.45, 7) is 6.89. The average molecular weight is 573 g/mol. The molecule has 3 saturated carbocycles. The van der Waals surface area contributed by atoms with Gasteiger partial charge in [0.05, 0.1) is 44.3 Å². The van der Waals surface area contributed by atoms with E-state index in [-0.39, 0.29) is 5.75 Å². The fraction of sp³-hybridized carbons (Fsp3) is 0.630. The van der Waals surface area contributed by atoms with Crippen molar-refractivity contribution in [2.75, 3.05) is 16.4 Å². The smallest absolute Gasteiger partial charge is 0.225 e. The van der Waals surface area contributed by atoms with Crippen LogP contribution < -0.4 is 10.6 Å². The highest BCUT2D eigenvalue weighted by Crippen LogP contribution is 2.45. The summed E-state index contributed by atoms with van der Waals surface area (Å²) in [5.41, 5.74) is 3.43. The number of nitrogens with zero attached hydrogens (tertiary/aromatic N) is 4. The van der Waals surface area contributed by atoms with Crippen molar-refractivity contribution in [1.29, 1.82) is 0 Å². The molecular formula is C27H36N6O4S2. The molecule has 0 bridgehead atoms. The Morgan fingerprint density at radius 1 is 1.05 bits per heavy atom. The molecule has 3 heterocycles. The fourth-order valence-corrected chi connectivity index (χ4v) is 7.65. The summed E-state index contributed by atoms with van der Waals surface area (Å²) in [5.74, 6) is 0.696. The monoisotopic (exact) mass is 572 g/mol. The third-order valence-electron chi connectivity index (χ3n) is 8.00. The van der Waals surface area contributed by atoms with Crippen LogP contribution in [0.4, 0.5) is 11.8 Å². The van der Waals surface area contributed by atoms with Crippen molar-refractivity contribution in [3.8, 4) is 10.6 Å². The van der Waals surface area contributed by atoms with Crippen molar-refractivity contribution in [3.63, 3.8) is 0 Å². The average Bonchev–Trinajstić information content (AvgIpc) is 3.78. The van der Waals surface area contributed by atoms with Gasteiger partial charge in [-0.15, -0.1) is 11.3 Å². The van der Waals surface area contributed by atoms with Gasteiger partial charge in [-0.05, 0) is 65.9 Å². The maximum atomic E-state index is 12.9. The SMILES string of the molecule is Cc1nc(NC2CC2)nc(NC2CC(CS(=O)(=O)C(C)(C)C)C(O)C2O)c1-c1nc2c(C3CC3)nccc2s1. The van der Waals surface area contributed by atoms with Crippen molar-refractivity contribution < 1.29 is 18.6 Å². The van der Waals surface area contributed by atoms with E-state index >= 15 is 0 Å². The molecule has 12 heteroatoms. The van der Waals surface area contributed by atoms with Gasteiger partial charge in [0.2, 0.25) is 5.95 Å². The lowest BCUT2D eigenvalue weighted by atomic mass is 10.1. The molecule has 4 N–H and O–H groups in total. The highest BCUT2D eigenvalue weighted by Gasteiger charge is 2.45. The third-order valence-corrected chi connectivity index (χ3v) is 11.8. The molecule has 210 valence electrons. The lowest BCUT2D eigenvalue weighted by Crippen LogP contribution is -2.38. The maximum absolute atomic E-state index is 12.9. The molecule has 0 amide bonds. The topological polar surface area (TPSA) is 150 Å². The first-order valence-electron chi connectivity index (χ1n) is 13.7. The molecule has 39 heavy (non-hydrogen) atoms. The Morgan fingerprint density at radius 2 is 1.79 bits per heavy atom. The number of thiazole rings is 1. The predicted octanol–water partition coefficient (Wildman–Crippen LogP) is 3.64. The Kier molecular flexibility index (Phi) is 6.60. The molecule has 4 atom stereocenters. The molecule has 3 aromatic rings. The number of aliphatic hydroxyl groups excluding tert-OH is 2. The van der Waals surface area contributed by atoms with E-state index in [1.54, 1.807) is 32.1 Å². The molecule has 0 aromatic carbocycles. The minimum absolute atomic E-state index is 0.189. The Hall–Kier alpha value is -2.41. The first kappa shape index (κ1) is 26.8. The van der Waals surface area contributed by atoms with Gasteiger partial charge in [0.15, 0.2) is 9.84 Å². The second-order valence-electron chi connectivity index (χ2n) is 12.2. The molecule has 3 fully saturated rings. The van der Waals surface area contributed by atoms with Crippen molar-refractivity contribution in [1.82, 2.24) is 19.9 Å². The van der Waals surface area contributed by atoms with Crippen LogP contribution in [0.2, 0.25) is 0 Å². The number of hydrogen-bond acceptors (Lipinski definition) is 11. The number of pyridine rings is 1. The highest BCUT2D eigenvalue weighted by molar-refractivity contribution is 7.92. The maximum Gasteiger partial charge on any atom is 0.225 e. The zero-order valence-electron chi connectivity index (χ0n) is 22.7. The summed E-state index contributed by atoms with van der Waals surface area (Å²) in [4.78, 5) is 19.1. The Labute approximate surface area is 232 Å². The Morgan fingerprint density at radius 3 is 2.46 bits per heavy atom. The van der Waals surface area contributed by atoms with Gasteiger partial charge in [-0.2, -0.15) is 4.98 Å². The summed E-state index contributed by atoms with van der Waals surface area (Å²) in [6.07, 6.45) is 4.22. The van der Waals surface area contributed by atoms with E-state index in [2.05, 4.69) is 15.6 Å². The standard InChI is InChI=1S/C27H36N6O4S2/c1-13-19(25-32-21-18(38-25)9-10-28-20(21)14-5-6-14)24(33-26(29-13)30-16-7-8-16)31-17-11-15(22(34)23(17)35)12-39(36,37)27(2,3)4/h9-10,14-17,22-23,34-35H,5-8,11-12H2,1-4H3,(H2,29,30,31,33). The van der Waals surface area contributed by atoms with Gasteiger partial charge in [-0.3, -0.25) is 4.98 Å². The van der Waals surface area contributed by atoms with Gasteiger partial charge in [-0.25, -0.2) is 18.4 Å². The van der Waals surface area contributed by atoms with Crippen LogP contribution in [-0.4, -0.2) is 73.4 Å². The summed E-state index contributed by atoms with van der Waals surface area (Å²) >= 11 is 1.56.